The van der Waals surface area contributed by atoms with Gasteiger partial charge in [-0.3, -0.25) is 0 Å². The first-order valence-corrected chi connectivity index (χ1v) is 8.68. The van der Waals surface area contributed by atoms with Crippen LogP contribution in [-0.4, -0.2) is 43.0 Å². The Hall–Kier alpha value is -2.47. The fourth-order valence-corrected chi connectivity index (χ4v) is 3.46. The van der Waals surface area contributed by atoms with Crippen molar-refractivity contribution < 1.29 is 13.5 Å². The molecule has 0 spiro atoms. The van der Waals surface area contributed by atoms with Crippen molar-refractivity contribution in [1.29, 1.82) is 5.26 Å². The highest BCUT2D eigenvalue weighted by molar-refractivity contribution is 7.89. The molecule has 0 bridgehead atoms. The number of nitrogens with one attached hydrogen (secondary N) is 1. The van der Waals surface area contributed by atoms with Crippen LogP contribution in [-0.2, 0) is 16.6 Å². The number of aliphatic hydroxyl groups excluding tert-OH is 1. The van der Waals surface area contributed by atoms with Crippen LogP contribution >= 0.6 is 0 Å². The van der Waals surface area contributed by atoms with E-state index in [2.05, 4.69) is 10.3 Å². The van der Waals surface area contributed by atoms with Crippen LogP contribution in [0.3, 0.4) is 0 Å². The summed E-state index contributed by atoms with van der Waals surface area (Å²) >= 11 is 0. The zero-order valence-corrected chi connectivity index (χ0v) is 14.0. The van der Waals surface area contributed by atoms with Crippen molar-refractivity contribution in [3.05, 3.63) is 53.7 Å². The van der Waals surface area contributed by atoms with E-state index < -0.39 is 10.0 Å². The minimum Gasteiger partial charge on any atom is -0.395 e. The maximum absolute atomic E-state index is 12.6. The molecule has 1 aromatic heterocycles. The highest BCUT2D eigenvalue weighted by Gasteiger charge is 2.23. The number of aromatic nitrogens is 1. The van der Waals surface area contributed by atoms with Gasteiger partial charge in [0.05, 0.1) is 17.1 Å². The van der Waals surface area contributed by atoms with E-state index in [1.165, 1.54) is 19.3 Å². The summed E-state index contributed by atoms with van der Waals surface area (Å²) in [7, 11) is -2.25. The van der Waals surface area contributed by atoms with Gasteiger partial charge in [0, 0.05) is 26.3 Å². The van der Waals surface area contributed by atoms with Crippen LogP contribution in [0, 0.1) is 11.3 Å². The quantitative estimate of drug-likeness (QED) is 0.780. The lowest BCUT2D eigenvalue weighted by molar-refractivity contribution is 0.266. The second-order valence-electron chi connectivity index (χ2n) is 5.06. The fraction of sp³-hybridized carbons (Fsp3) is 0.250. The summed E-state index contributed by atoms with van der Waals surface area (Å²) in [6, 6.07) is 11.9. The monoisotopic (exact) mass is 346 g/mol. The van der Waals surface area contributed by atoms with E-state index in [9.17, 15) is 8.42 Å². The lowest BCUT2D eigenvalue weighted by Gasteiger charge is -2.18. The van der Waals surface area contributed by atoms with Crippen molar-refractivity contribution in [2.75, 3.05) is 25.5 Å². The number of pyridine rings is 1. The van der Waals surface area contributed by atoms with Crippen LogP contribution in [0.1, 0.15) is 11.1 Å². The molecule has 0 aliphatic heterocycles. The minimum atomic E-state index is -3.68. The third kappa shape index (κ3) is 4.08. The Kier molecular flexibility index (Phi) is 5.87. The Bertz CT molecular complexity index is 829. The number of sulfonamides is 1. The molecule has 24 heavy (non-hydrogen) atoms. The van der Waals surface area contributed by atoms with Gasteiger partial charge >= 0.3 is 0 Å². The van der Waals surface area contributed by atoms with Crippen molar-refractivity contribution in [1.82, 2.24) is 9.29 Å². The Balaban J connectivity index is 2.21. The first kappa shape index (κ1) is 17.9. The van der Waals surface area contributed by atoms with Crippen LogP contribution < -0.4 is 5.32 Å². The first-order chi connectivity index (χ1) is 11.5. The molecule has 1 aromatic carbocycles. The summed E-state index contributed by atoms with van der Waals surface area (Å²) in [6.45, 7) is 0.0495. The average Bonchev–Trinajstić information content (AvgIpc) is 2.60. The molecule has 0 unspecified atom stereocenters. The molecule has 0 aliphatic rings. The smallest absolute Gasteiger partial charge is 0.243 e. The maximum Gasteiger partial charge on any atom is 0.243 e. The van der Waals surface area contributed by atoms with Crippen molar-refractivity contribution in [2.24, 2.45) is 0 Å². The van der Waals surface area contributed by atoms with Crippen LogP contribution in [0.4, 0.5) is 5.82 Å². The SMILES string of the molecule is CN(CCO)S(=O)(=O)c1ccccc1CNc1ccc(C#N)cn1. The van der Waals surface area contributed by atoms with Gasteiger partial charge in [0.2, 0.25) is 10.0 Å². The lowest BCUT2D eigenvalue weighted by Crippen LogP contribution is -2.30. The Morgan fingerprint density at radius 3 is 2.67 bits per heavy atom. The number of rotatable bonds is 7. The van der Waals surface area contributed by atoms with Crippen molar-refractivity contribution >= 4 is 15.8 Å². The standard InChI is InChI=1S/C16H18N4O3S/c1-20(8-9-21)24(22,23)15-5-3-2-4-14(15)12-19-16-7-6-13(10-17)11-18-16/h2-7,11,21H,8-9,12H2,1H3,(H,18,19). The zero-order chi connectivity index (χ0) is 17.6. The normalized spacial score (nSPS) is 11.2. The number of aliphatic hydroxyl groups is 1. The lowest BCUT2D eigenvalue weighted by atomic mass is 10.2. The van der Waals surface area contributed by atoms with E-state index in [1.54, 1.807) is 30.3 Å². The molecule has 0 amide bonds. The number of hydrogen-bond acceptors (Lipinski definition) is 6. The molecule has 0 aliphatic carbocycles. The van der Waals surface area contributed by atoms with Crippen LogP contribution in [0.25, 0.3) is 0 Å². The maximum atomic E-state index is 12.6. The molecule has 0 radical (unpaired) electrons. The zero-order valence-electron chi connectivity index (χ0n) is 13.2. The number of anilines is 1. The van der Waals surface area contributed by atoms with Gasteiger partial charge in [0.25, 0.3) is 0 Å². The van der Waals surface area contributed by atoms with E-state index in [4.69, 9.17) is 10.4 Å². The fourth-order valence-electron chi connectivity index (χ4n) is 2.08. The molecule has 1 heterocycles. The summed E-state index contributed by atoms with van der Waals surface area (Å²) in [4.78, 5) is 4.28. The van der Waals surface area contributed by atoms with Crippen LogP contribution in [0.2, 0.25) is 0 Å². The van der Waals surface area contributed by atoms with Gasteiger partial charge in [-0.25, -0.2) is 13.4 Å². The molecule has 126 valence electrons. The van der Waals surface area contributed by atoms with Gasteiger partial charge < -0.3 is 10.4 Å². The molecular weight excluding hydrogens is 328 g/mol. The van der Waals surface area contributed by atoms with Crippen molar-refractivity contribution in [3.63, 3.8) is 0 Å². The van der Waals surface area contributed by atoms with Crippen LogP contribution in [0.15, 0.2) is 47.5 Å². The first-order valence-electron chi connectivity index (χ1n) is 7.24. The van der Waals surface area contributed by atoms with Crippen molar-refractivity contribution in [3.8, 4) is 6.07 Å². The Morgan fingerprint density at radius 2 is 2.04 bits per heavy atom. The largest absolute Gasteiger partial charge is 0.395 e. The van der Waals surface area contributed by atoms with Gasteiger partial charge in [0.1, 0.15) is 11.9 Å². The molecule has 7 nitrogen and oxygen atoms in total. The van der Waals surface area contributed by atoms with E-state index in [0.29, 0.717) is 16.9 Å². The molecular formula is C16H18N4O3S. The van der Waals surface area contributed by atoms with E-state index in [0.717, 1.165) is 4.31 Å². The molecule has 0 atom stereocenters. The minimum absolute atomic E-state index is 0.0290. The number of likely N-dealkylation sites (N-methyl/N-ethyl adjacent to an activating group) is 1. The molecule has 0 fully saturated rings. The highest BCUT2D eigenvalue weighted by atomic mass is 32.2. The molecule has 2 aromatic rings. The van der Waals surface area contributed by atoms with Crippen molar-refractivity contribution in [2.45, 2.75) is 11.4 Å². The molecule has 0 saturated heterocycles. The topological polar surface area (TPSA) is 106 Å². The number of nitrogens with zero attached hydrogens (tertiary/aromatic N) is 3. The summed E-state index contributed by atoms with van der Waals surface area (Å²) in [5.74, 6) is 0.546. The second kappa shape index (κ2) is 7.88. The molecule has 0 saturated carbocycles. The summed E-state index contributed by atoms with van der Waals surface area (Å²) in [6.07, 6.45) is 1.44. The summed E-state index contributed by atoms with van der Waals surface area (Å²) in [5.41, 5.74) is 1.04. The Labute approximate surface area is 141 Å². The Morgan fingerprint density at radius 1 is 1.29 bits per heavy atom. The molecule has 2 N–H and O–H groups in total. The molecule has 8 heteroatoms. The number of benzene rings is 1. The average molecular weight is 346 g/mol. The summed E-state index contributed by atoms with van der Waals surface area (Å²) < 4.78 is 26.3. The predicted octanol–water partition coefficient (Wildman–Crippen LogP) is 1.18. The second-order valence-corrected chi connectivity index (χ2v) is 7.07. The van der Waals surface area contributed by atoms with Gasteiger partial charge in [-0.05, 0) is 23.8 Å². The van der Waals surface area contributed by atoms with Gasteiger partial charge in [-0.15, -0.1) is 0 Å². The molecule has 2 rings (SSSR count). The number of nitriles is 1. The highest BCUT2D eigenvalue weighted by Crippen LogP contribution is 2.20. The summed E-state index contributed by atoms with van der Waals surface area (Å²) in [5, 5.41) is 20.8. The van der Waals surface area contributed by atoms with E-state index >= 15 is 0 Å². The van der Waals surface area contributed by atoms with Crippen LogP contribution in [0.5, 0.6) is 0 Å². The van der Waals surface area contributed by atoms with Gasteiger partial charge in [-0.2, -0.15) is 9.57 Å². The van der Waals surface area contributed by atoms with Gasteiger partial charge in [0.15, 0.2) is 0 Å². The predicted molar refractivity (Wildman–Crippen MR) is 89.6 cm³/mol. The third-order valence-corrected chi connectivity index (χ3v) is 5.39. The number of hydrogen-bond donors (Lipinski definition) is 2. The van der Waals surface area contributed by atoms with Gasteiger partial charge in [-0.1, -0.05) is 18.2 Å². The van der Waals surface area contributed by atoms with E-state index in [-0.39, 0.29) is 24.6 Å². The third-order valence-electron chi connectivity index (χ3n) is 3.43. The van der Waals surface area contributed by atoms with E-state index in [1.807, 2.05) is 6.07 Å².